The third-order valence-corrected chi connectivity index (χ3v) is 7.23. The van der Waals surface area contributed by atoms with Crippen LogP contribution in [0.4, 0.5) is 0 Å². The highest BCUT2D eigenvalue weighted by Crippen LogP contribution is 2.49. The Morgan fingerprint density at radius 3 is 1.90 bits per heavy atom. The van der Waals surface area contributed by atoms with Gasteiger partial charge in [0.05, 0.1) is 17.2 Å². The smallest absolute Gasteiger partial charge is 0.338 e. The summed E-state index contributed by atoms with van der Waals surface area (Å²) < 4.78 is 17.9. The molecule has 1 heterocycles. The van der Waals surface area contributed by atoms with E-state index in [0.717, 1.165) is 38.7 Å². The molecule has 6 unspecified atom stereocenters. The van der Waals surface area contributed by atoms with Gasteiger partial charge in [0.1, 0.15) is 12.2 Å². The third-order valence-electron chi connectivity index (χ3n) is 7.23. The fraction of sp³-hybridized carbons (Fsp3) is 0.462. The first-order valence-corrected chi connectivity index (χ1v) is 11.3. The summed E-state index contributed by atoms with van der Waals surface area (Å²) in [7, 11) is 0. The van der Waals surface area contributed by atoms with Crippen molar-refractivity contribution in [2.45, 2.75) is 50.4 Å². The Morgan fingerprint density at radius 1 is 0.710 bits per heavy atom. The Kier molecular flexibility index (Phi) is 5.77. The molecule has 2 aromatic carbocycles. The number of carbonyl (C=O) groups excluding carboxylic acids is 2. The number of hydrogen-bond donors (Lipinski definition) is 0. The second-order valence-corrected chi connectivity index (χ2v) is 8.95. The molecule has 3 aliphatic rings. The lowest BCUT2D eigenvalue weighted by molar-refractivity contribution is -0.0998. The number of carbonyl (C=O) groups is 2. The zero-order valence-electron chi connectivity index (χ0n) is 17.5. The monoisotopic (exact) mass is 420 g/mol. The fourth-order valence-corrected chi connectivity index (χ4v) is 5.73. The van der Waals surface area contributed by atoms with E-state index in [1.165, 1.54) is 0 Å². The number of fused-ring (bicyclic) bond motifs is 3. The van der Waals surface area contributed by atoms with Crippen molar-refractivity contribution in [1.29, 1.82) is 0 Å². The van der Waals surface area contributed by atoms with Crippen molar-refractivity contribution in [2.24, 2.45) is 17.8 Å². The first kappa shape index (κ1) is 20.3. The van der Waals surface area contributed by atoms with Crippen LogP contribution >= 0.6 is 0 Å². The van der Waals surface area contributed by atoms with Crippen LogP contribution in [0.5, 0.6) is 0 Å². The predicted octanol–water partition coefficient (Wildman–Crippen LogP) is 4.66. The van der Waals surface area contributed by atoms with Gasteiger partial charge in [-0.15, -0.1) is 0 Å². The highest BCUT2D eigenvalue weighted by molar-refractivity contribution is 5.90. The van der Waals surface area contributed by atoms with E-state index < -0.39 is 12.2 Å². The first-order valence-electron chi connectivity index (χ1n) is 11.3. The minimum absolute atomic E-state index is 0.329. The molecule has 162 valence electrons. The molecule has 0 N–H and O–H groups in total. The van der Waals surface area contributed by atoms with Gasteiger partial charge in [-0.25, -0.2) is 9.59 Å². The van der Waals surface area contributed by atoms with Crippen molar-refractivity contribution in [3.8, 4) is 0 Å². The van der Waals surface area contributed by atoms with Gasteiger partial charge in [0.15, 0.2) is 0 Å². The lowest BCUT2D eigenvalue weighted by Gasteiger charge is -2.46. The van der Waals surface area contributed by atoms with E-state index >= 15 is 0 Å². The molecule has 2 aliphatic carbocycles. The van der Waals surface area contributed by atoms with Gasteiger partial charge in [-0.05, 0) is 74.1 Å². The Balaban J connectivity index is 1.36. The Bertz CT molecular complexity index is 912. The maximum Gasteiger partial charge on any atom is 0.338 e. The number of ether oxygens (including phenoxy) is 3. The SMILES string of the molecule is O=C(OC1CC2CCC3OCCC3C2CC1OC(=O)c1ccccc1)c1ccccc1. The van der Waals surface area contributed by atoms with E-state index in [4.69, 9.17) is 14.2 Å². The lowest BCUT2D eigenvalue weighted by atomic mass is 9.63. The van der Waals surface area contributed by atoms with Gasteiger partial charge in [0, 0.05) is 6.61 Å². The van der Waals surface area contributed by atoms with Gasteiger partial charge in [0.25, 0.3) is 0 Å². The Morgan fingerprint density at radius 2 is 1.29 bits per heavy atom. The van der Waals surface area contributed by atoms with Crippen molar-refractivity contribution in [1.82, 2.24) is 0 Å². The molecule has 0 spiro atoms. The summed E-state index contributed by atoms with van der Waals surface area (Å²) in [5, 5.41) is 0. The van der Waals surface area contributed by atoms with Gasteiger partial charge >= 0.3 is 11.9 Å². The van der Waals surface area contributed by atoms with Crippen LogP contribution in [0.3, 0.4) is 0 Å². The summed E-state index contributed by atoms with van der Waals surface area (Å²) in [4.78, 5) is 25.6. The highest BCUT2D eigenvalue weighted by Gasteiger charge is 2.49. The van der Waals surface area contributed by atoms with Crippen LogP contribution in [0.15, 0.2) is 60.7 Å². The molecule has 0 amide bonds. The van der Waals surface area contributed by atoms with E-state index in [1.807, 2.05) is 36.4 Å². The number of hydrogen-bond acceptors (Lipinski definition) is 5. The van der Waals surface area contributed by atoms with Crippen LogP contribution in [-0.2, 0) is 14.2 Å². The van der Waals surface area contributed by atoms with Crippen molar-refractivity contribution < 1.29 is 23.8 Å². The molecular formula is C26H28O5. The fourth-order valence-electron chi connectivity index (χ4n) is 5.73. The summed E-state index contributed by atoms with van der Waals surface area (Å²) in [5.41, 5.74) is 1.04. The lowest BCUT2D eigenvalue weighted by Crippen LogP contribution is -2.49. The highest BCUT2D eigenvalue weighted by atomic mass is 16.6. The first-order chi connectivity index (χ1) is 15.2. The van der Waals surface area contributed by atoms with Crippen molar-refractivity contribution >= 4 is 11.9 Å². The minimum atomic E-state index is -0.444. The van der Waals surface area contributed by atoms with Crippen molar-refractivity contribution in [3.63, 3.8) is 0 Å². The van der Waals surface area contributed by atoms with Gasteiger partial charge in [0.2, 0.25) is 0 Å². The van der Waals surface area contributed by atoms with Gasteiger partial charge in [-0.1, -0.05) is 36.4 Å². The Labute approximate surface area is 182 Å². The predicted molar refractivity (Wildman–Crippen MR) is 115 cm³/mol. The molecule has 31 heavy (non-hydrogen) atoms. The summed E-state index contributed by atoms with van der Waals surface area (Å²) >= 11 is 0. The van der Waals surface area contributed by atoms with Crippen LogP contribution in [0.1, 0.15) is 52.8 Å². The Hall–Kier alpha value is -2.66. The number of rotatable bonds is 4. The molecule has 5 heteroatoms. The molecule has 0 aromatic heterocycles. The molecular weight excluding hydrogens is 392 g/mol. The van der Waals surface area contributed by atoms with Crippen molar-refractivity contribution in [2.75, 3.05) is 6.61 Å². The largest absolute Gasteiger partial charge is 0.455 e. The van der Waals surface area contributed by atoms with E-state index in [1.54, 1.807) is 24.3 Å². The van der Waals surface area contributed by atoms with Gasteiger partial charge in [-0.3, -0.25) is 0 Å². The van der Waals surface area contributed by atoms with Gasteiger partial charge in [-0.2, -0.15) is 0 Å². The van der Waals surface area contributed by atoms with Crippen LogP contribution in [0, 0.1) is 17.8 Å². The molecule has 5 rings (SSSR count). The molecule has 1 aliphatic heterocycles. The van der Waals surface area contributed by atoms with E-state index in [2.05, 4.69) is 0 Å². The van der Waals surface area contributed by atoms with E-state index in [-0.39, 0.29) is 11.9 Å². The average Bonchev–Trinajstić information content (AvgIpc) is 3.30. The van der Waals surface area contributed by atoms with Crippen molar-refractivity contribution in [3.05, 3.63) is 71.8 Å². The summed E-state index contributed by atoms with van der Waals surface area (Å²) in [5.74, 6) is 0.717. The maximum absolute atomic E-state index is 12.8. The minimum Gasteiger partial charge on any atom is -0.455 e. The number of esters is 2. The molecule has 0 radical (unpaired) electrons. The molecule has 5 nitrogen and oxygen atoms in total. The molecule has 6 atom stereocenters. The third kappa shape index (κ3) is 4.24. The second kappa shape index (κ2) is 8.83. The van der Waals surface area contributed by atoms with E-state index in [9.17, 15) is 9.59 Å². The zero-order chi connectivity index (χ0) is 21.2. The molecule has 2 saturated carbocycles. The van der Waals surface area contributed by atoms with Crippen LogP contribution in [0.25, 0.3) is 0 Å². The van der Waals surface area contributed by atoms with Crippen LogP contribution in [0.2, 0.25) is 0 Å². The average molecular weight is 421 g/mol. The summed E-state index contributed by atoms with van der Waals surface area (Å²) in [6.07, 6.45) is 4.13. The summed E-state index contributed by atoms with van der Waals surface area (Å²) in [6, 6.07) is 18.0. The number of benzene rings is 2. The standard InChI is InChI=1S/C26H28O5/c27-25(17-7-3-1-4-8-17)30-23-15-19-11-12-22-20(13-14-29-22)21(19)16-24(23)31-26(28)18-9-5-2-6-10-18/h1-10,19-24H,11-16H2. The van der Waals surface area contributed by atoms with Gasteiger partial charge < -0.3 is 14.2 Å². The topological polar surface area (TPSA) is 61.8 Å². The maximum atomic E-state index is 12.8. The summed E-state index contributed by atoms with van der Waals surface area (Å²) in [6.45, 7) is 0.819. The second-order valence-electron chi connectivity index (χ2n) is 8.95. The normalized spacial score (nSPS) is 31.9. The molecule has 3 fully saturated rings. The van der Waals surface area contributed by atoms with Crippen LogP contribution < -0.4 is 0 Å². The van der Waals surface area contributed by atoms with Crippen LogP contribution in [-0.4, -0.2) is 36.9 Å². The molecule has 0 bridgehead atoms. The molecule has 1 saturated heterocycles. The molecule has 2 aromatic rings. The van der Waals surface area contributed by atoms with E-state index in [0.29, 0.717) is 35.0 Å². The quantitative estimate of drug-likeness (QED) is 0.673. The zero-order valence-corrected chi connectivity index (χ0v) is 17.5.